The molecule has 0 radical (unpaired) electrons. The van der Waals surface area contributed by atoms with Crippen molar-refractivity contribution in [1.29, 1.82) is 0 Å². The summed E-state index contributed by atoms with van der Waals surface area (Å²) in [6.45, 7) is 1.46. The first-order valence-electron chi connectivity index (χ1n) is 15.8. The number of methoxy groups -OCH3 is 1. The van der Waals surface area contributed by atoms with E-state index in [-0.39, 0.29) is 18.9 Å². The molecule has 0 atom stereocenters. The van der Waals surface area contributed by atoms with Crippen molar-refractivity contribution in [2.75, 3.05) is 20.3 Å². The van der Waals surface area contributed by atoms with Gasteiger partial charge in [-0.15, -0.1) is 0 Å². The molecular formula is C40H33N3O9. The van der Waals surface area contributed by atoms with Gasteiger partial charge in [0.05, 0.1) is 7.11 Å². The second-order valence-corrected chi connectivity index (χ2v) is 10.9. The first-order valence-corrected chi connectivity index (χ1v) is 15.8. The number of ether oxygens (including phenoxy) is 3. The molecule has 262 valence electrons. The van der Waals surface area contributed by atoms with Crippen LogP contribution in [0.1, 0.15) is 27.5 Å². The molecule has 1 amide bonds. The molecule has 2 heterocycles. The second-order valence-electron chi connectivity index (χ2n) is 10.9. The van der Waals surface area contributed by atoms with Crippen LogP contribution >= 0.6 is 0 Å². The number of rotatable bonds is 11. The zero-order valence-corrected chi connectivity index (χ0v) is 28.2. The van der Waals surface area contributed by atoms with Crippen LogP contribution in [-0.2, 0) is 11.3 Å². The number of aryl methyl sites for hydroxylation is 1. The van der Waals surface area contributed by atoms with Crippen LogP contribution in [0, 0.1) is 18.8 Å². The SMILES string of the molecule is COc1ccc(OC(=O)N(CC(=O)O)Cc2ccc(OCC#Cc3nc(-c4ccccc4)oc3C)cc2)cc1.O=Cc1coc(-c2ccccc2)n1. The summed E-state index contributed by atoms with van der Waals surface area (Å²) >= 11 is 0. The molecule has 4 aromatic carbocycles. The molecule has 1 N–H and O–H groups in total. The van der Waals surface area contributed by atoms with Crippen LogP contribution in [0.15, 0.2) is 124 Å². The van der Waals surface area contributed by atoms with E-state index in [0.29, 0.717) is 52.3 Å². The van der Waals surface area contributed by atoms with Crippen LogP contribution in [0.3, 0.4) is 0 Å². The molecule has 2 aromatic heterocycles. The standard InChI is InChI=1S/C30H26N2O7.C10H7NO2/c1-21-27(31-29(38-21)23-7-4-3-5-8-23)9-6-18-37-25-12-10-22(11-13-25)19-32(20-28(33)34)30(35)39-26-16-14-24(36-2)15-17-26;12-6-9-7-13-10(11-9)8-4-2-1-3-5-8/h3-5,7-8,10-17H,18-20H2,1-2H3,(H,33,34);1-7H. The summed E-state index contributed by atoms with van der Waals surface area (Å²) in [5.74, 6) is 7.81. The minimum absolute atomic E-state index is 0.0383. The Morgan fingerprint density at radius 3 is 2.04 bits per heavy atom. The van der Waals surface area contributed by atoms with Gasteiger partial charge in [0.2, 0.25) is 11.8 Å². The van der Waals surface area contributed by atoms with Crippen LogP contribution in [-0.4, -0.2) is 58.6 Å². The van der Waals surface area contributed by atoms with Crippen molar-refractivity contribution in [3.63, 3.8) is 0 Å². The van der Waals surface area contributed by atoms with E-state index < -0.39 is 18.6 Å². The van der Waals surface area contributed by atoms with E-state index >= 15 is 0 Å². The molecule has 6 rings (SSSR count). The summed E-state index contributed by atoms with van der Waals surface area (Å²) in [5, 5.41) is 9.26. The summed E-state index contributed by atoms with van der Waals surface area (Å²) < 4.78 is 26.9. The predicted molar refractivity (Wildman–Crippen MR) is 190 cm³/mol. The lowest BCUT2D eigenvalue weighted by Gasteiger charge is -2.20. The monoisotopic (exact) mass is 699 g/mol. The number of amides is 1. The lowest BCUT2D eigenvalue weighted by molar-refractivity contribution is -0.138. The van der Waals surface area contributed by atoms with Gasteiger partial charge in [-0.2, -0.15) is 0 Å². The van der Waals surface area contributed by atoms with Gasteiger partial charge in [-0.25, -0.2) is 14.8 Å². The molecular weight excluding hydrogens is 666 g/mol. The smallest absolute Gasteiger partial charge is 0.416 e. The summed E-state index contributed by atoms with van der Waals surface area (Å²) in [6, 6.07) is 32.4. The second kappa shape index (κ2) is 18.0. The Hall–Kier alpha value is -7.13. The molecule has 0 bridgehead atoms. The van der Waals surface area contributed by atoms with Crippen LogP contribution in [0.4, 0.5) is 4.79 Å². The van der Waals surface area contributed by atoms with Gasteiger partial charge in [0.1, 0.15) is 48.1 Å². The Morgan fingerprint density at radius 2 is 1.44 bits per heavy atom. The number of oxazole rings is 2. The van der Waals surface area contributed by atoms with Gasteiger partial charge in [0.25, 0.3) is 0 Å². The minimum atomic E-state index is -1.15. The number of benzene rings is 4. The van der Waals surface area contributed by atoms with Crippen molar-refractivity contribution in [1.82, 2.24) is 14.9 Å². The van der Waals surface area contributed by atoms with E-state index in [4.69, 9.17) is 23.0 Å². The molecule has 0 aliphatic heterocycles. The number of carbonyl (C=O) groups excluding carboxylic acids is 2. The zero-order chi connectivity index (χ0) is 36.7. The number of aliphatic carboxylic acids is 1. The fourth-order valence-corrected chi connectivity index (χ4v) is 4.58. The van der Waals surface area contributed by atoms with Crippen molar-refractivity contribution in [2.24, 2.45) is 0 Å². The first-order chi connectivity index (χ1) is 25.3. The Balaban J connectivity index is 0.000000335. The van der Waals surface area contributed by atoms with Gasteiger partial charge >= 0.3 is 12.1 Å². The topological polar surface area (TPSA) is 154 Å². The molecule has 52 heavy (non-hydrogen) atoms. The van der Waals surface area contributed by atoms with Crippen LogP contribution in [0.5, 0.6) is 17.2 Å². The lowest BCUT2D eigenvalue weighted by Crippen LogP contribution is -2.37. The molecule has 0 saturated carbocycles. The van der Waals surface area contributed by atoms with Crippen LogP contribution < -0.4 is 14.2 Å². The van der Waals surface area contributed by atoms with Gasteiger partial charge < -0.3 is 28.2 Å². The van der Waals surface area contributed by atoms with Gasteiger partial charge in [-0.3, -0.25) is 14.5 Å². The van der Waals surface area contributed by atoms with Crippen molar-refractivity contribution in [3.8, 4) is 52.0 Å². The Morgan fingerprint density at radius 1 is 0.827 bits per heavy atom. The molecule has 0 aliphatic carbocycles. The normalized spacial score (nSPS) is 10.1. The third-order valence-electron chi connectivity index (χ3n) is 7.14. The fourth-order valence-electron chi connectivity index (χ4n) is 4.58. The minimum Gasteiger partial charge on any atom is -0.497 e. The Bertz CT molecular complexity index is 2130. The highest BCUT2D eigenvalue weighted by Gasteiger charge is 2.20. The largest absolute Gasteiger partial charge is 0.497 e. The molecule has 0 unspecified atom stereocenters. The van der Waals surface area contributed by atoms with Crippen LogP contribution in [0.2, 0.25) is 0 Å². The number of hydrogen-bond acceptors (Lipinski definition) is 10. The van der Waals surface area contributed by atoms with Crippen molar-refractivity contribution in [2.45, 2.75) is 13.5 Å². The maximum atomic E-state index is 12.6. The summed E-state index contributed by atoms with van der Waals surface area (Å²) in [4.78, 5) is 43.8. The number of aldehydes is 1. The number of carboxylic acid groups (broad SMARTS) is 1. The molecule has 0 fully saturated rings. The summed E-state index contributed by atoms with van der Waals surface area (Å²) in [6.07, 6.45) is 1.22. The van der Waals surface area contributed by atoms with Crippen LogP contribution in [0.25, 0.3) is 22.9 Å². The molecule has 0 saturated heterocycles. The van der Waals surface area contributed by atoms with Crippen molar-refractivity contribution >= 4 is 18.3 Å². The van der Waals surface area contributed by atoms with Gasteiger partial charge in [-0.05, 0) is 79.1 Å². The van der Waals surface area contributed by atoms with E-state index in [2.05, 4.69) is 21.8 Å². The lowest BCUT2D eigenvalue weighted by atomic mass is 10.2. The summed E-state index contributed by atoms with van der Waals surface area (Å²) in [5.41, 5.74) is 3.32. The first kappa shape index (κ1) is 36.2. The van der Waals surface area contributed by atoms with Crippen molar-refractivity contribution in [3.05, 3.63) is 138 Å². The third-order valence-corrected chi connectivity index (χ3v) is 7.14. The maximum absolute atomic E-state index is 12.6. The van der Waals surface area contributed by atoms with E-state index in [0.717, 1.165) is 16.0 Å². The number of hydrogen-bond donors (Lipinski definition) is 1. The predicted octanol–water partition coefficient (Wildman–Crippen LogP) is 7.33. The number of carbonyl (C=O) groups is 3. The summed E-state index contributed by atoms with van der Waals surface area (Å²) in [7, 11) is 1.53. The Kier molecular flexibility index (Phi) is 12.5. The van der Waals surface area contributed by atoms with Gasteiger partial charge in [0.15, 0.2) is 12.0 Å². The number of nitrogens with zero attached hydrogens (tertiary/aromatic N) is 3. The van der Waals surface area contributed by atoms with E-state index in [1.807, 2.05) is 67.6 Å². The molecule has 12 nitrogen and oxygen atoms in total. The van der Waals surface area contributed by atoms with E-state index in [1.165, 1.54) is 13.4 Å². The third kappa shape index (κ3) is 10.4. The average Bonchev–Trinajstić information content (AvgIpc) is 3.81. The maximum Gasteiger partial charge on any atom is 0.416 e. The highest BCUT2D eigenvalue weighted by Crippen LogP contribution is 2.22. The van der Waals surface area contributed by atoms with E-state index in [1.54, 1.807) is 48.5 Å². The highest BCUT2D eigenvalue weighted by molar-refractivity contribution is 5.78. The quantitative estimate of drug-likeness (QED) is 0.107. The molecule has 6 aromatic rings. The molecule has 0 spiro atoms. The Labute approximate surface area is 299 Å². The zero-order valence-electron chi connectivity index (χ0n) is 28.2. The van der Waals surface area contributed by atoms with Gasteiger partial charge in [0, 0.05) is 17.7 Å². The van der Waals surface area contributed by atoms with E-state index in [9.17, 15) is 19.5 Å². The average molecular weight is 700 g/mol. The highest BCUT2D eigenvalue weighted by atomic mass is 16.6. The number of aromatic nitrogens is 2. The van der Waals surface area contributed by atoms with Crippen molar-refractivity contribution < 1.29 is 42.5 Å². The molecule has 12 heteroatoms. The van der Waals surface area contributed by atoms with Gasteiger partial charge in [-0.1, -0.05) is 54.5 Å². The number of carboxylic acids is 1. The molecule has 0 aliphatic rings. The fraction of sp³-hybridized carbons (Fsp3) is 0.125.